The van der Waals surface area contributed by atoms with Gasteiger partial charge >= 0.3 is 12.2 Å². The molecule has 25 heteroatoms. The largest absolute Gasteiger partial charge is 0.444 e. The number of halogens is 5. The zero-order valence-electron chi connectivity index (χ0n) is 48.1. The van der Waals surface area contributed by atoms with Crippen LogP contribution in [0.1, 0.15) is 89.1 Å². The molecule has 8 saturated heterocycles. The summed E-state index contributed by atoms with van der Waals surface area (Å²) in [6.45, 7) is 30.2. The van der Waals surface area contributed by atoms with Crippen molar-refractivity contribution in [2.24, 2.45) is 23.7 Å². The Labute approximate surface area is 475 Å². The van der Waals surface area contributed by atoms with E-state index in [0.29, 0.717) is 76.2 Å². The lowest BCUT2D eigenvalue weighted by molar-refractivity contribution is -0.115. The van der Waals surface area contributed by atoms with Crippen molar-refractivity contribution < 1.29 is 46.2 Å². The van der Waals surface area contributed by atoms with Crippen LogP contribution in [0, 0.1) is 37.5 Å². The van der Waals surface area contributed by atoms with Gasteiger partial charge in [-0.25, -0.2) is 47.1 Å². The number of nitrogens with zero attached hydrogens (tertiary/aromatic N) is 11. The van der Waals surface area contributed by atoms with E-state index in [1.807, 2.05) is 66.0 Å². The van der Waals surface area contributed by atoms with Crippen LogP contribution in [0.2, 0.25) is 0 Å². The van der Waals surface area contributed by atoms with Crippen LogP contribution in [0.3, 0.4) is 0 Å². The van der Waals surface area contributed by atoms with Gasteiger partial charge in [-0.1, -0.05) is 0 Å². The summed E-state index contributed by atoms with van der Waals surface area (Å²) in [4.78, 5) is 75.3. The van der Waals surface area contributed by atoms with Crippen molar-refractivity contribution >= 4 is 54.1 Å². The highest BCUT2D eigenvalue weighted by Crippen LogP contribution is 2.26. The number of anilines is 2. The molecule has 11 heterocycles. The van der Waals surface area contributed by atoms with Crippen molar-refractivity contribution in [3.63, 3.8) is 0 Å². The van der Waals surface area contributed by atoms with Crippen LogP contribution in [0.5, 0.6) is 0 Å². The van der Waals surface area contributed by atoms with Gasteiger partial charge < -0.3 is 49.3 Å². The van der Waals surface area contributed by atoms with E-state index >= 15 is 0 Å². The van der Waals surface area contributed by atoms with Crippen LogP contribution in [-0.4, -0.2) is 233 Å². The molecule has 448 valence electrons. The molecule has 8 fully saturated rings. The second-order valence-electron chi connectivity index (χ2n) is 24.4. The number of fused-ring (bicyclic) bond motifs is 1. The number of ether oxygens (including phenoxy) is 2. The second kappa shape index (κ2) is 29.3. The molecule has 0 radical (unpaired) electrons. The van der Waals surface area contributed by atoms with E-state index < -0.39 is 35.9 Å². The third kappa shape index (κ3) is 20.2. The van der Waals surface area contributed by atoms with Gasteiger partial charge in [0, 0.05) is 136 Å². The van der Waals surface area contributed by atoms with Gasteiger partial charge in [-0.3, -0.25) is 19.5 Å². The fourth-order valence-electron chi connectivity index (χ4n) is 10.3. The van der Waals surface area contributed by atoms with Crippen molar-refractivity contribution in [1.82, 2.24) is 59.5 Å². The van der Waals surface area contributed by atoms with Gasteiger partial charge in [0.05, 0.1) is 35.9 Å². The van der Waals surface area contributed by atoms with E-state index in [1.165, 1.54) is 11.1 Å². The highest BCUT2D eigenvalue weighted by molar-refractivity contribution is 6.02. The molecule has 3 amide bonds. The topological polar surface area (TPSA) is 198 Å². The van der Waals surface area contributed by atoms with Crippen molar-refractivity contribution in [3.8, 4) is 0 Å². The van der Waals surface area contributed by atoms with Gasteiger partial charge in [0.1, 0.15) is 59.5 Å². The number of alkyl halides is 4. The molecule has 3 N–H and O–H groups in total. The summed E-state index contributed by atoms with van der Waals surface area (Å²) >= 11 is 0. The Kier molecular flexibility index (Phi) is 23.5. The predicted molar refractivity (Wildman–Crippen MR) is 301 cm³/mol. The van der Waals surface area contributed by atoms with E-state index in [4.69, 9.17) is 9.47 Å². The van der Waals surface area contributed by atoms with E-state index in [1.54, 1.807) is 17.3 Å². The summed E-state index contributed by atoms with van der Waals surface area (Å²) in [6.07, 6.45) is 7.35. The maximum absolute atomic E-state index is 13.3. The van der Waals surface area contributed by atoms with Crippen LogP contribution in [-0.2, 0) is 14.3 Å². The monoisotopic (exact) mass is 1150 g/mol. The number of rotatable bonds is 10. The van der Waals surface area contributed by atoms with Crippen molar-refractivity contribution in [2.75, 3.05) is 135 Å². The van der Waals surface area contributed by atoms with Gasteiger partial charge in [0.15, 0.2) is 5.65 Å². The Morgan fingerprint density at radius 2 is 1.18 bits per heavy atom. The standard InChI is InChI=1S/C21H25FN8O.C13H23FN2O2.C9H15NO3.C8H15FN2.C4H8FN.ClH/c1-13-7-30-12-18(26-14(2)20(30)25-13)27-21(31)17-5-24-19(6-23-17)29-9-15(10-29)8-28-4-3-16(22)11-28;1-13(2,3)18-12(17)16-7-10(8-16)6-15-5-4-11(14)9-15;1-9(2,3)13-8(12)10-4-7(5-10)6-11;9-8-1-2-11(6-8)5-7-3-10-4-7;5-4-1-2-6-3-4;/h5-7,12,15-16H,3-4,8-11H2,1-2H3,(H,27,31);10-11H,4-9H2,1-3H3;6-7H,4-5H2,1-3H3;7-8,10H,1-6H2;4,6H,1-3H2;1H/t16-;11-;;8-;4-;/m11.11./s1. The van der Waals surface area contributed by atoms with Crippen molar-refractivity contribution in [3.05, 3.63) is 41.9 Å². The zero-order valence-corrected chi connectivity index (χ0v) is 48.9. The number of imidazole rings is 1. The molecule has 3 aromatic rings. The summed E-state index contributed by atoms with van der Waals surface area (Å²) in [7, 11) is 0. The van der Waals surface area contributed by atoms with E-state index in [0.717, 1.165) is 127 Å². The predicted octanol–water partition coefficient (Wildman–Crippen LogP) is 5.81. The first-order chi connectivity index (χ1) is 37.4. The number of carbonyl (C=O) groups is 4. The van der Waals surface area contributed by atoms with E-state index in [9.17, 15) is 36.7 Å². The number of aromatic nitrogens is 5. The maximum atomic E-state index is 13.3. The van der Waals surface area contributed by atoms with Gasteiger partial charge in [0.25, 0.3) is 5.91 Å². The molecule has 0 saturated carbocycles. The molecule has 0 aromatic carbocycles. The number of amides is 3. The van der Waals surface area contributed by atoms with Crippen LogP contribution >= 0.6 is 12.4 Å². The molecule has 0 bridgehead atoms. The molecule has 3 aromatic heterocycles. The Balaban J connectivity index is 0.000000178. The fraction of sp³-hybridized carbons (Fsp3) is 0.745. The highest BCUT2D eigenvalue weighted by atomic mass is 35.5. The number of aryl methyl sites for hydroxylation is 2. The molecule has 0 aliphatic carbocycles. The first-order valence-corrected chi connectivity index (χ1v) is 28.2. The molecule has 11 rings (SSSR count). The summed E-state index contributed by atoms with van der Waals surface area (Å²) in [6, 6.07) is 0. The minimum atomic E-state index is -0.675. The Morgan fingerprint density at radius 1 is 0.650 bits per heavy atom. The van der Waals surface area contributed by atoms with E-state index in [-0.39, 0.29) is 42.1 Å². The molecule has 8 aliphatic rings. The Bertz CT molecular complexity index is 2440. The molecule has 0 spiro atoms. The molecule has 80 heavy (non-hydrogen) atoms. The first-order valence-electron chi connectivity index (χ1n) is 28.2. The van der Waals surface area contributed by atoms with Crippen LogP contribution in [0.25, 0.3) is 5.65 Å². The highest BCUT2D eigenvalue weighted by Gasteiger charge is 2.37. The van der Waals surface area contributed by atoms with Crippen molar-refractivity contribution in [2.45, 2.75) is 117 Å². The Hall–Kier alpha value is -5.01. The molecular weight excluding hydrogens is 1060 g/mol. The molecule has 4 atom stereocenters. The lowest BCUT2D eigenvalue weighted by Crippen LogP contribution is -2.54. The normalized spacial score (nSPS) is 23.7. The van der Waals surface area contributed by atoms with Gasteiger partial charge in [-0.05, 0) is 93.5 Å². The minimum Gasteiger partial charge on any atom is -0.444 e. The third-order valence-corrected chi connectivity index (χ3v) is 14.5. The van der Waals surface area contributed by atoms with Crippen LogP contribution in [0.4, 0.5) is 38.8 Å². The van der Waals surface area contributed by atoms with Crippen molar-refractivity contribution in [1.29, 1.82) is 0 Å². The SMILES string of the molecule is CC(C)(C)OC(=O)N1CC(C=O)C1.CC(C)(C)OC(=O)N1CC(CN2CC[C@@H](F)C2)C1.Cc1cn2cc(NC(=O)c3cnc(N4CC(CN5CC[C@@H](F)C5)C4)cn3)nc(C)c2n1.Cl.F[C@@H]1CCN(CC2CNC2)C1.F[C@@H]1CCNC1. The molecular formula is C55H87ClF4N14O6. The van der Waals surface area contributed by atoms with Gasteiger partial charge in [-0.15, -0.1) is 12.4 Å². The summed E-state index contributed by atoms with van der Waals surface area (Å²) in [5, 5.41) is 8.90. The molecule has 8 aliphatic heterocycles. The number of carbonyl (C=O) groups excluding carboxylic acids is 4. The lowest BCUT2D eigenvalue weighted by Gasteiger charge is -2.41. The number of aldehydes is 1. The van der Waals surface area contributed by atoms with E-state index in [2.05, 4.69) is 55.5 Å². The number of likely N-dealkylation sites (tertiary alicyclic amines) is 5. The summed E-state index contributed by atoms with van der Waals surface area (Å²) in [5.41, 5.74) is 1.72. The number of hydrogen-bond donors (Lipinski definition) is 3. The van der Waals surface area contributed by atoms with Gasteiger partial charge in [-0.2, -0.15) is 0 Å². The lowest BCUT2D eigenvalue weighted by atomic mass is 10.00. The van der Waals surface area contributed by atoms with Crippen LogP contribution in [0.15, 0.2) is 24.8 Å². The smallest absolute Gasteiger partial charge is 0.410 e. The summed E-state index contributed by atoms with van der Waals surface area (Å²) in [5.74, 6) is 2.61. The van der Waals surface area contributed by atoms with Crippen LogP contribution < -0.4 is 20.9 Å². The quantitative estimate of drug-likeness (QED) is 0.162. The maximum Gasteiger partial charge on any atom is 0.410 e. The van der Waals surface area contributed by atoms with Gasteiger partial charge in [0.2, 0.25) is 0 Å². The molecule has 20 nitrogen and oxygen atoms in total. The number of nitrogens with one attached hydrogen (secondary N) is 3. The second-order valence-corrected chi connectivity index (χ2v) is 24.4. The minimum absolute atomic E-state index is 0. The summed E-state index contributed by atoms with van der Waals surface area (Å²) < 4.78 is 63.1. The average molecular weight is 1150 g/mol. The third-order valence-electron chi connectivity index (χ3n) is 14.5. The first kappa shape index (κ1) is 64.2. The zero-order chi connectivity index (χ0) is 57.0. The molecule has 0 unspecified atom stereocenters. The average Bonchev–Trinajstić information content (AvgIpc) is 4.19. The number of hydrogen-bond acceptors (Lipinski definition) is 16. The Morgan fingerprint density at radius 3 is 1.59 bits per heavy atom. The fourth-order valence-corrected chi connectivity index (χ4v) is 10.3.